The number of nitrogens with one attached hydrogen (secondary N) is 2. The number of halogens is 2. The molecule has 0 radical (unpaired) electrons. The molecule has 3 nitrogen and oxygen atoms in total. The molecule has 1 amide bonds. The van der Waals surface area contributed by atoms with Crippen molar-refractivity contribution in [3.63, 3.8) is 0 Å². The van der Waals surface area contributed by atoms with Crippen LogP contribution in [-0.4, -0.2) is 30.8 Å². The second-order valence-electron chi connectivity index (χ2n) is 4.66. The SMILES string of the molecule is Cl.O=C(CCCSc1ccc(Br)cc1)NC1CCNC1. The zero-order chi connectivity index (χ0) is 13.5. The molecule has 1 fully saturated rings. The summed E-state index contributed by atoms with van der Waals surface area (Å²) in [7, 11) is 0. The quantitative estimate of drug-likeness (QED) is 0.589. The Bertz CT molecular complexity index is 410. The van der Waals surface area contributed by atoms with Crippen LogP contribution in [0.25, 0.3) is 0 Å². The number of hydrogen-bond donors (Lipinski definition) is 2. The molecule has 1 atom stereocenters. The topological polar surface area (TPSA) is 41.1 Å². The van der Waals surface area contributed by atoms with Gasteiger partial charge in [0.15, 0.2) is 0 Å². The van der Waals surface area contributed by atoms with Crippen LogP contribution in [0.4, 0.5) is 0 Å². The van der Waals surface area contributed by atoms with Gasteiger partial charge in [-0.15, -0.1) is 24.2 Å². The van der Waals surface area contributed by atoms with Crippen LogP contribution in [0.5, 0.6) is 0 Å². The fourth-order valence-corrected chi connectivity index (χ4v) is 3.15. The van der Waals surface area contributed by atoms with Crippen molar-refractivity contribution in [3.05, 3.63) is 28.7 Å². The highest BCUT2D eigenvalue weighted by molar-refractivity contribution is 9.10. The molecule has 1 aromatic rings. The third-order valence-corrected chi connectivity index (χ3v) is 4.68. The van der Waals surface area contributed by atoms with Crippen LogP contribution in [0.1, 0.15) is 19.3 Å². The van der Waals surface area contributed by atoms with Gasteiger partial charge in [0.1, 0.15) is 0 Å². The van der Waals surface area contributed by atoms with Gasteiger partial charge < -0.3 is 10.6 Å². The van der Waals surface area contributed by atoms with E-state index in [1.54, 1.807) is 11.8 Å². The van der Waals surface area contributed by atoms with E-state index in [2.05, 4.69) is 38.7 Å². The van der Waals surface area contributed by atoms with E-state index >= 15 is 0 Å². The number of rotatable bonds is 6. The Morgan fingerprint density at radius 3 is 2.80 bits per heavy atom. The van der Waals surface area contributed by atoms with Crippen molar-refractivity contribution < 1.29 is 4.79 Å². The van der Waals surface area contributed by atoms with Gasteiger partial charge in [0, 0.05) is 28.4 Å². The van der Waals surface area contributed by atoms with Crippen LogP contribution in [0, 0.1) is 0 Å². The predicted molar refractivity (Wildman–Crippen MR) is 90.8 cm³/mol. The Morgan fingerprint density at radius 2 is 2.15 bits per heavy atom. The maximum absolute atomic E-state index is 11.7. The van der Waals surface area contributed by atoms with Gasteiger partial charge in [-0.25, -0.2) is 0 Å². The molecular weight excluding hydrogens is 360 g/mol. The summed E-state index contributed by atoms with van der Waals surface area (Å²) in [6.07, 6.45) is 2.60. The highest BCUT2D eigenvalue weighted by atomic mass is 79.9. The molecule has 2 N–H and O–H groups in total. The zero-order valence-corrected chi connectivity index (χ0v) is 14.5. The molecule has 1 saturated heterocycles. The molecule has 1 heterocycles. The monoisotopic (exact) mass is 378 g/mol. The molecule has 6 heteroatoms. The Kier molecular flexibility index (Phi) is 8.61. The molecule has 0 saturated carbocycles. The third-order valence-electron chi connectivity index (χ3n) is 3.06. The smallest absolute Gasteiger partial charge is 0.220 e. The van der Waals surface area contributed by atoms with Crippen molar-refractivity contribution in [2.75, 3.05) is 18.8 Å². The third kappa shape index (κ3) is 6.48. The van der Waals surface area contributed by atoms with E-state index in [4.69, 9.17) is 0 Å². The Hall–Kier alpha value is -0.230. The van der Waals surface area contributed by atoms with E-state index in [-0.39, 0.29) is 18.3 Å². The van der Waals surface area contributed by atoms with Gasteiger partial charge in [-0.3, -0.25) is 4.79 Å². The largest absolute Gasteiger partial charge is 0.352 e. The van der Waals surface area contributed by atoms with E-state index in [1.807, 2.05) is 12.1 Å². The van der Waals surface area contributed by atoms with Gasteiger partial charge in [0.25, 0.3) is 0 Å². The Morgan fingerprint density at radius 1 is 1.40 bits per heavy atom. The van der Waals surface area contributed by atoms with Gasteiger partial charge in [-0.2, -0.15) is 0 Å². The molecule has 112 valence electrons. The molecule has 0 bridgehead atoms. The number of benzene rings is 1. The maximum atomic E-state index is 11.7. The second kappa shape index (κ2) is 9.66. The minimum absolute atomic E-state index is 0. The summed E-state index contributed by atoms with van der Waals surface area (Å²) in [6.45, 7) is 1.93. The first kappa shape index (κ1) is 17.8. The van der Waals surface area contributed by atoms with Crippen molar-refractivity contribution >= 4 is 46.0 Å². The molecule has 0 aliphatic carbocycles. The van der Waals surface area contributed by atoms with E-state index in [1.165, 1.54) is 4.90 Å². The van der Waals surface area contributed by atoms with Gasteiger partial charge in [0.05, 0.1) is 0 Å². The summed E-state index contributed by atoms with van der Waals surface area (Å²) in [5, 5.41) is 6.32. The van der Waals surface area contributed by atoms with Crippen molar-refractivity contribution in [1.82, 2.24) is 10.6 Å². The first-order chi connectivity index (χ1) is 9.24. The van der Waals surface area contributed by atoms with Crippen LogP contribution in [0.2, 0.25) is 0 Å². The molecule has 1 aromatic carbocycles. The summed E-state index contributed by atoms with van der Waals surface area (Å²) in [5.74, 6) is 1.17. The van der Waals surface area contributed by atoms with Gasteiger partial charge in [0.2, 0.25) is 5.91 Å². The summed E-state index contributed by atoms with van der Waals surface area (Å²) >= 11 is 5.22. The highest BCUT2D eigenvalue weighted by Crippen LogP contribution is 2.21. The normalized spacial score (nSPS) is 17.6. The molecule has 2 rings (SSSR count). The van der Waals surface area contributed by atoms with Crippen LogP contribution in [-0.2, 0) is 4.79 Å². The lowest BCUT2D eigenvalue weighted by atomic mass is 10.2. The molecule has 0 aromatic heterocycles. The number of amides is 1. The highest BCUT2D eigenvalue weighted by Gasteiger charge is 2.15. The molecule has 1 aliphatic rings. The van der Waals surface area contributed by atoms with Crippen LogP contribution >= 0.6 is 40.1 Å². The standard InChI is InChI=1S/C14H19BrN2OS.ClH/c15-11-3-5-13(6-4-11)19-9-1-2-14(18)17-12-7-8-16-10-12;/h3-6,12,16H,1-2,7-10H2,(H,17,18);1H. The lowest BCUT2D eigenvalue weighted by molar-refractivity contribution is -0.121. The minimum atomic E-state index is 0. The lowest BCUT2D eigenvalue weighted by Crippen LogP contribution is -2.36. The van der Waals surface area contributed by atoms with Crippen molar-refractivity contribution in [1.29, 1.82) is 0 Å². The number of thioether (sulfide) groups is 1. The summed E-state index contributed by atoms with van der Waals surface area (Å²) in [4.78, 5) is 13.0. The van der Waals surface area contributed by atoms with Gasteiger partial charge in [-0.1, -0.05) is 15.9 Å². The lowest BCUT2D eigenvalue weighted by Gasteiger charge is -2.10. The first-order valence-corrected chi connectivity index (χ1v) is 8.40. The molecular formula is C14H20BrClN2OS. The van der Waals surface area contributed by atoms with Crippen LogP contribution in [0.15, 0.2) is 33.6 Å². The molecule has 20 heavy (non-hydrogen) atoms. The molecule has 1 aliphatic heterocycles. The first-order valence-electron chi connectivity index (χ1n) is 6.62. The number of carbonyl (C=O) groups is 1. The summed E-state index contributed by atoms with van der Waals surface area (Å²) in [5.41, 5.74) is 0. The number of hydrogen-bond acceptors (Lipinski definition) is 3. The second-order valence-corrected chi connectivity index (χ2v) is 6.75. The molecule has 1 unspecified atom stereocenters. The Balaban J connectivity index is 0.00000200. The van der Waals surface area contributed by atoms with Crippen molar-refractivity contribution in [3.8, 4) is 0 Å². The average Bonchev–Trinajstić information content (AvgIpc) is 2.89. The fraction of sp³-hybridized carbons (Fsp3) is 0.500. The zero-order valence-electron chi connectivity index (χ0n) is 11.2. The van der Waals surface area contributed by atoms with Gasteiger partial charge in [-0.05, 0) is 49.4 Å². The van der Waals surface area contributed by atoms with E-state index in [0.717, 1.165) is 36.2 Å². The Labute approximate surface area is 139 Å². The van der Waals surface area contributed by atoms with Gasteiger partial charge >= 0.3 is 0 Å². The average molecular weight is 380 g/mol. The number of carbonyl (C=O) groups excluding carboxylic acids is 1. The van der Waals surface area contributed by atoms with Crippen LogP contribution < -0.4 is 10.6 Å². The van der Waals surface area contributed by atoms with E-state index in [9.17, 15) is 4.79 Å². The van der Waals surface area contributed by atoms with Crippen molar-refractivity contribution in [2.24, 2.45) is 0 Å². The van der Waals surface area contributed by atoms with E-state index in [0.29, 0.717) is 12.5 Å². The van der Waals surface area contributed by atoms with Crippen molar-refractivity contribution in [2.45, 2.75) is 30.2 Å². The van der Waals surface area contributed by atoms with E-state index < -0.39 is 0 Å². The minimum Gasteiger partial charge on any atom is -0.352 e. The maximum Gasteiger partial charge on any atom is 0.220 e. The predicted octanol–water partition coefficient (Wildman–Crippen LogP) is 3.22. The fourth-order valence-electron chi connectivity index (χ4n) is 2.03. The van der Waals surface area contributed by atoms with Crippen LogP contribution in [0.3, 0.4) is 0 Å². The summed E-state index contributed by atoms with van der Waals surface area (Å²) < 4.78 is 1.10. The summed E-state index contributed by atoms with van der Waals surface area (Å²) in [6, 6.07) is 8.62. The molecule has 0 spiro atoms.